The smallest absolute Gasteiger partial charge is 0.170 e. The van der Waals surface area contributed by atoms with E-state index in [0.29, 0.717) is 5.92 Å². The second kappa shape index (κ2) is 5.24. The van der Waals surface area contributed by atoms with Crippen LogP contribution in [0.1, 0.15) is 13.8 Å². The highest BCUT2D eigenvalue weighted by Gasteiger charge is 2.11. The number of fused-ring (bicyclic) bond motifs is 1. The summed E-state index contributed by atoms with van der Waals surface area (Å²) in [6.45, 7) is 5.17. The third-order valence-corrected chi connectivity index (χ3v) is 2.91. The van der Waals surface area contributed by atoms with Gasteiger partial charge in [-0.25, -0.2) is 15.0 Å². The molecule has 0 radical (unpaired) electrons. The number of hydrogen-bond donors (Lipinski definition) is 1. The van der Waals surface area contributed by atoms with Crippen molar-refractivity contribution in [3.63, 3.8) is 0 Å². The highest BCUT2D eigenvalue weighted by Crippen LogP contribution is 2.20. The van der Waals surface area contributed by atoms with Crippen LogP contribution < -0.4 is 5.32 Å². The summed E-state index contributed by atoms with van der Waals surface area (Å²) < 4.78 is 1.72. The number of aromatic nitrogens is 5. The first kappa shape index (κ1) is 12.5. The molecule has 3 heterocycles. The lowest BCUT2D eigenvalue weighted by molar-refractivity contribution is 0.687. The van der Waals surface area contributed by atoms with E-state index in [1.165, 1.54) is 0 Å². The standard InChI is InChI=1S/C14H16N6/c1-10(2)7-16-13-11-8-19-20(14(11)18-9-17-13)12-5-3-4-6-15-12/h3-6,8-10H,7H2,1-2H3,(H,16,17,18). The quantitative estimate of drug-likeness (QED) is 0.786. The molecule has 3 rings (SSSR count). The third-order valence-electron chi connectivity index (χ3n) is 2.91. The van der Waals surface area contributed by atoms with E-state index in [-0.39, 0.29) is 0 Å². The van der Waals surface area contributed by atoms with E-state index in [1.807, 2.05) is 18.2 Å². The van der Waals surface area contributed by atoms with Crippen molar-refractivity contribution < 1.29 is 0 Å². The summed E-state index contributed by atoms with van der Waals surface area (Å²) in [5, 5.41) is 8.59. The Morgan fingerprint density at radius 3 is 2.85 bits per heavy atom. The number of nitrogens with one attached hydrogen (secondary N) is 1. The zero-order valence-electron chi connectivity index (χ0n) is 11.5. The van der Waals surface area contributed by atoms with Gasteiger partial charge in [-0.05, 0) is 18.1 Å². The summed E-state index contributed by atoms with van der Waals surface area (Å²) >= 11 is 0. The fraction of sp³-hybridized carbons (Fsp3) is 0.286. The number of pyridine rings is 1. The fourth-order valence-electron chi connectivity index (χ4n) is 1.93. The Morgan fingerprint density at radius 2 is 2.10 bits per heavy atom. The van der Waals surface area contributed by atoms with Gasteiger partial charge in [0.05, 0.1) is 11.6 Å². The van der Waals surface area contributed by atoms with E-state index in [0.717, 1.165) is 29.2 Å². The Hall–Kier alpha value is -2.50. The average molecular weight is 268 g/mol. The Balaban J connectivity index is 2.03. The minimum absolute atomic E-state index is 0.547. The third kappa shape index (κ3) is 2.32. The van der Waals surface area contributed by atoms with Crippen molar-refractivity contribution in [3.05, 3.63) is 36.9 Å². The molecular formula is C14H16N6. The lowest BCUT2D eigenvalue weighted by Crippen LogP contribution is -2.09. The number of nitrogens with zero attached hydrogens (tertiary/aromatic N) is 5. The maximum Gasteiger partial charge on any atom is 0.170 e. The second-order valence-electron chi connectivity index (χ2n) is 4.98. The molecule has 0 bridgehead atoms. The summed E-state index contributed by atoms with van der Waals surface area (Å²) in [4.78, 5) is 12.9. The first-order valence-corrected chi connectivity index (χ1v) is 6.59. The Morgan fingerprint density at radius 1 is 1.20 bits per heavy atom. The molecule has 0 spiro atoms. The van der Waals surface area contributed by atoms with Gasteiger partial charge in [0.15, 0.2) is 11.5 Å². The molecule has 0 saturated heterocycles. The van der Waals surface area contributed by atoms with Gasteiger partial charge in [0, 0.05) is 12.7 Å². The average Bonchev–Trinajstić information content (AvgIpc) is 2.90. The van der Waals surface area contributed by atoms with Crippen LogP contribution in [0.5, 0.6) is 0 Å². The molecule has 0 fully saturated rings. The Labute approximate surface area is 116 Å². The SMILES string of the molecule is CC(C)CNc1ncnc2c1cnn2-c1ccccn1. The predicted octanol–water partition coefficient (Wildman–Crippen LogP) is 2.28. The van der Waals surface area contributed by atoms with E-state index in [9.17, 15) is 0 Å². The molecule has 0 unspecified atom stereocenters. The van der Waals surface area contributed by atoms with Gasteiger partial charge in [-0.2, -0.15) is 9.78 Å². The second-order valence-corrected chi connectivity index (χ2v) is 4.98. The van der Waals surface area contributed by atoms with Crippen LogP contribution in [0.15, 0.2) is 36.9 Å². The van der Waals surface area contributed by atoms with Crippen molar-refractivity contribution in [2.24, 2.45) is 5.92 Å². The molecule has 0 atom stereocenters. The van der Waals surface area contributed by atoms with Crippen molar-refractivity contribution in [2.75, 3.05) is 11.9 Å². The molecule has 3 aromatic rings. The molecule has 0 aliphatic heterocycles. The van der Waals surface area contributed by atoms with Crippen LogP contribution in [-0.2, 0) is 0 Å². The highest BCUT2D eigenvalue weighted by molar-refractivity contribution is 5.86. The number of hydrogen-bond acceptors (Lipinski definition) is 5. The minimum atomic E-state index is 0.547. The van der Waals surface area contributed by atoms with Gasteiger partial charge < -0.3 is 5.32 Å². The monoisotopic (exact) mass is 268 g/mol. The van der Waals surface area contributed by atoms with Gasteiger partial charge in [-0.1, -0.05) is 19.9 Å². The first-order chi connectivity index (χ1) is 9.75. The minimum Gasteiger partial charge on any atom is -0.369 e. The van der Waals surface area contributed by atoms with Gasteiger partial charge in [0.1, 0.15) is 12.1 Å². The van der Waals surface area contributed by atoms with Crippen molar-refractivity contribution in [3.8, 4) is 5.82 Å². The molecule has 0 amide bonds. The molecule has 0 aromatic carbocycles. The van der Waals surface area contributed by atoms with Crippen molar-refractivity contribution in [1.82, 2.24) is 24.7 Å². The Kier molecular flexibility index (Phi) is 3.28. The maximum absolute atomic E-state index is 4.36. The number of anilines is 1. The van der Waals surface area contributed by atoms with Crippen LogP contribution in [-0.4, -0.2) is 31.3 Å². The van der Waals surface area contributed by atoms with Gasteiger partial charge >= 0.3 is 0 Å². The zero-order chi connectivity index (χ0) is 13.9. The normalized spacial score (nSPS) is 11.2. The van der Waals surface area contributed by atoms with Crippen LogP contribution >= 0.6 is 0 Å². The topological polar surface area (TPSA) is 68.5 Å². The molecule has 0 aliphatic carbocycles. The van der Waals surface area contributed by atoms with Crippen LogP contribution in [0.4, 0.5) is 5.82 Å². The number of rotatable bonds is 4. The van der Waals surface area contributed by atoms with E-state index in [1.54, 1.807) is 23.4 Å². The van der Waals surface area contributed by atoms with E-state index in [4.69, 9.17) is 0 Å². The molecular weight excluding hydrogens is 252 g/mol. The molecule has 3 aromatic heterocycles. The van der Waals surface area contributed by atoms with Crippen molar-refractivity contribution in [2.45, 2.75) is 13.8 Å². The van der Waals surface area contributed by atoms with Crippen LogP contribution in [0, 0.1) is 5.92 Å². The molecule has 0 aliphatic rings. The molecule has 6 nitrogen and oxygen atoms in total. The fourth-order valence-corrected chi connectivity index (χ4v) is 1.93. The molecule has 20 heavy (non-hydrogen) atoms. The van der Waals surface area contributed by atoms with Crippen molar-refractivity contribution >= 4 is 16.9 Å². The van der Waals surface area contributed by atoms with Gasteiger partial charge in [-0.3, -0.25) is 0 Å². The lowest BCUT2D eigenvalue weighted by atomic mass is 10.2. The molecule has 0 saturated carbocycles. The van der Waals surface area contributed by atoms with Crippen LogP contribution in [0.3, 0.4) is 0 Å². The summed E-state index contributed by atoms with van der Waals surface area (Å²) in [5.41, 5.74) is 0.755. The lowest BCUT2D eigenvalue weighted by Gasteiger charge is -2.08. The van der Waals surface area contributed by atoms with Gasteiger partial charge in [0.2, 0.25) is 0 Å². The van der Waals surface area contributed by atoms with E-state index >= 15 is 0 Å². The molecule has 6 heteroatoms. The highest BCUT2D eigenvalue weighted by atomic mass is 15.3. The maximum atomic E-state index is 4.36. The zero-order valence-corrected chi connectivity index (χ0v) is 11.5. The summed E-state index contributed by atoms with van der Waals surface area (Å²) in [6, 6.07) is 5.70. The summed E-state index contributed by atoms with van der Waals surface area (Å²) in [5.74, 6) is 2.10. The van der Waals surface area contributed by atoms with Crippen LogP contribution in [0.2, 0.25) is 0 Å². The molecule has 102 valence electrons. The van der Waals surface area contributed by atoms with E-state index < -0.39 is 0 Å². The Bertz CT molecular complexity index is 704. The van der Waals surface area contributed by atoms with Crippen molar-refractivity contribution in [1.29, 1.82) is 0 Å². The summed E-state index contributed by atoms with van der Waals surface area (Å²) in [7, 11) is 0. The largest absolute Gasteiger partial charge is 0.369 e. The first-order valence-electron chi connectivity index (χ1n) is 6.59. The van der Waals surface area contributed by atoms with Crippen LogP contribution in [0.25, 0.3) is 16.9 Å². The van der Waals surface area contributed by atoms with Gasteiger partial charge in [0.25, 0.3) is 0 Å². The summed E-state index contributed by atoms with van der Waals surface area (Å²) in [6.07, 6.45) is 5.06. The van der Waals surface area contributed by atoms with Gasteiger partial charge in [-0.15, -0.1) is 0 Å². The molecule has 1 N–H and O–H groups in total. The van der Waals surface area contributed by atoms with E-state index in [2.05, 4.69) is 39.2 Å². The predicted molar refractivity (Wildman–Crippen MR) is 77.8 cm³/mol.